The van der Waals surface area contributed by atoms with E-state index >= 15 is 0 Å². The molecule has 1 saturated carbocycles. The summed E-state index contributed by atoms with van der Waals surface area (Å²) in [6.07, 6.45) is 4.58. The Kier molecular flexibility index (Phi) is 5.80. The van der Waals surface area contributed by atoms with Crippen molar-refractivity contribution in [3.63, 3.8) is 0 Å². The van der Waals surface area contributed by atoms with Crippen LogP contribution in [-0.2, 0) is 11.3 Å². The average molecular weight is 490 g/mol. The average Bonchev–Trinajstić information content (AvgIpc) is 3.35. The predicted molar refractivity (Wildman–Crippen MR) is 132 cm³/mol. The van der Waals surface area contributed by atoms with E-state index in [1.54, 1.807) is 22.6 Å². The number of furan rings is 1. The predicted octanol–water partition coefficient (Wildman–Crippen LogP) is 5.33. The van der Waals surface area contributed by atoms with Gasteiger partial charge in [0.15, 0.2) is 5.16 Å². The van der Waals surface area contributed by atoms with E-state index in [0.29, 0.717) is 18.9 Å². The van der Waals surface area contributed by atoms with Crippen LogP contribution in [0.15, 0.2) is 80.9 Å². The number of nitrogens with zero attached hydrogens (tertiary/aromatic N) is 5. The van der Waals surface area contributed by atoms with Crippen molar-refractivity contribution in [2.75, 3.05) is 5.75 Å². The lowest BCUT2D eigenvalue weighted by Gasteiger charge is -2.19. The van der Waals surface area contributed by atoms with E-state index in [1.807, 2.05) is 47.8 Å². The van der Waals surface area contributed by atoms with Crippen molar-refractivity contribution in [1.82, 2.24) is 19.8 Å². The van der Waals surface area contributed by atoms with E-state index in [2.05, 4.69) is 26.9 Å². The van der Waals surface area contributed by atoms with Crippen LogP contribution in [-0.4, -0.2) is 37.1 Å². The van der Waals surface area contributed by atoms with Crippen LogP contribution in [0, 0.1) is 0 Å². The van der Waals surface area contributed by atoms with Gasteiger partial charge in [-0.1, -0.05) is 48.2 Å². The highest BCUT2D eigenvalue weighted by Gasteiger charge is 2.36. The Morgan fingerprint density at radius 2 is 1.97 bits per heavy atom. The number of carbonyl (C=O) groups excluding carboxylic acids is 1. The van der Waals surface area contributed by atoms with Gasteiger partial charge in [-0.15, -0.1) is 21.5 Å². The first-order valence-corrected chi connectivity index (χ1v) is 13.2. The molecule has 9 heteroatoms. The zero-order chi connectivity index (χ0) is 22.9. The SMILES string of the molecule is O=C(CSc1nnc(C2CC2)n1Cc1ccccc1)N1N=C(c2cccs2)C[C@@H]1c1ccco1. The Hall–Kier alpha value is -3.17. The van der Waals surface area contributed by atoms with Gasteiger partial charge in [-0.25, -0.2) is 5.01 Å². The van der Waals surface area contributed by atoms with Gasteiger partial charge < -0.3 is 8.98 Å². The molecule has 0 unspecified atom stereocenters. The number of hydrogen-bond donors (Lipinski definition) is 0. The molecule has 4 aromatic rings. The van der Waals surface area contributed by atoms with Crippen molar-refractivity contribution < 1.29 is 9.21 Å². The highest BCUT2D eigenvalue weighted by molar-refractivity contribution is 7.99. The fourth-order valence-corrected chi connectivity index (χ4v) is 5.71. The van der Waals surface area contributed by atoms with Gasteiger partial charge >= 0.3 is 0 Å². The second-order valence-corrected chi connectivity index (χ2v) is 10.4. The summed E-state index contributed by atoms with van der Waals surface area (Å²) in [5.41, 5.74) is 2.11. The Bertz CT molecular complexity index is 1290. The van der Waals surface area contributed by atoms with E-state index in [0.717, 1.165) is 40.2 Å². The van der Waals surface area contributed by atoms with Crippen molar-refractivity contribution >= 4 is 34.7 Å². The summed E-state index contributed by atoms with van der Waals surface area (Å²) in [7, 11) is 0. The van der Waals surface area contributed by atoms with Gasteiger partial charge in [0.25, 0.3) is 5.91 Å². The number of thioether (sulfide) groups is 1. The minimum Gasteiger partial charge on any atom is -0.467 e. The Balaban J connectivity index is 1.22. The molecule has 172 valence electrons. The second-order valence-electron chi connectivity index (χ2n) is 8.47. The minimum absolute atomic E-state index is 0.0693. The monoisotopic (exact) mass is 489 g/mol. The van der Waals surface area contributed by atoms with Crippen LogP contribution in [0.5, 0.6) is 0 Å². The molecular formula is C25H23N5O2S2. The first-order valence-electron chi connectivity index (χ1n) is 11.3. The lowest BCUT2D eigenvalue weighted by molar-refractivity contribution is -0.130. The maximum atomic E-state index is 13.4. The van der Waals surface area contributed by atoms with Crippen LogP contribution < -0.4 is 0 Å². The van der Waals surface area contributed by atoms with E-state index in [1.165, 1.54) is 17.3 Å². The van der Waals surface area contributed by atoms with Crippen molar-refractivity contribution in [2.45, 2.75) is 42.9 Å². The van der Waals surface area contributed by atoms with Gasteiger partial charge in [0.05, 0.1) is 29.1 Å². The highest BCUT2D eigenvalue weighted by atomic mass is 32.2. The fourth-order valence-electron chi connectivity index (χ4n) is 4.19. The molecule has 1 aliphatic heterocycles. The van der Waals surface area contributed by atoms with Gasteiger partial charge in [0, 0.05) is 12.3 Å². The van der Waals surface area contributed by atoms with Crippen molar-refractivity contribution in [2.24, 2.45) is 5.10 Å². The largest absolute Gasteiger partial charge is 0.467 e. The van der Waals surface area contributed by atoms with E-state index in [4.69, 9.17) is 9.52 Å². The Morgan fingerprint density at radius 3 is 2.71 bits per heavy atom. The fraction of sp³-hybridized carbons (Fsp3) is 0.280. The minimum atomic E-state index is -0.232. The molecule has 7 nitrogen and oxygen atoms in total. The zero-order valence-corrected chi connectivity index (χ0v) is 20.0. The third-order valence-electron chi connectivity index (χ3n) is 6.04. The molecule has 6 rings (SSSR count). The third-order valence-corrected chi connectivity index (χ3v) is 7.91. The van der Waals surface area contributed by atoms with Crippen LogP contribution in [0.2, 0.25) is 0 Å². The van der Waals surface area contributed by atoms with Gasteiger partial charge in [0.1, 0.15) is 17.6 Å². The van der Waals surface area contributed by atoms with E-state index < -0.39 is 0 Å². The first-order chi connectivity index (χ1) is 16.8. The van der Waals surface area contributed by atoms with Crippen molar-refractivity contribution in [1.29, 1.82) is 0 Å². The summed E-state index contributed by atoms with van der Waals surface area (Å²) < 4.78 is 7.82. The molecule has 1 aromatic carbocycles. The molecule has 0 N–H and O–H groups in total. The summed E-state index contributed by atoms with van der Waals surface area (Å²) in [6.45, 7) is 0.704. The quantitative estimate of drug-likeness (QED) is 0.313. The van der Waals surface area contributed by atoms with Gasteiger partial charge in [-0.2, -0.15) is 5.10 Å². The number of benzene rings is 1. The number of hydrazone groups is 1. The number of aromatic nitrogens is 3. The maximum absolute atomic E-state index is 13.4. The molecule has 3 aromatic heterocycles. The maximum Gasteiger partial charge on any atom is 0.253 e. The van der Waals surface area contributed by atoms with Crippen molar-refractivity contribution in [3.05, 3.63) is 88.3 Å². The molecule has 0 spiro atoms. The van der Waals surface area contributed by atoms with Crippen LogP contribution >= 0.6 is 23.1 Å². The molecule has 0 radical (unpaired) electrons. The second kappa shape index (κ2) is 9.23. The number of rotatable bonds is 8. The van der Waals surface area contributed by atoms with Gasteiger partial charge in [-0.05, 0) is 42.0 Å². The van der Waals surface area contributed by atoms with E-state index in [9.17, 15) is 4.79 Å². The van der Waals surface area contributed by atoms with E-state index in [-0.39, 0.29) is 17.7 Å². The first kappa shape index (κ1) is 21.4. The molecule has 34 heavy (non-hydrogen) atoms. The third kappa shape index (κ3) is 4.33. The van der Waals surface area contributed by atoms with Crippen LogP contribution in [0.25, 0.3) is 0 Å². The Labute approximate surface area is 205 Å². The molecule has 1 atom stereocenters. The summed E-state index contributed by atoms with van der Waals surface area (Å²) in [6, 6.07) is 17.9. The smallest absolute Gasteiger partial charge is 0.253 e. The molecular weight excluding hydrogens is 466 g/mol. The molecule has 1 amide bonds. The molecule has 0 bridgehead atoms. The van der Waals surface area contributed by atoms with Gasteiger partial charge in [0.2, 0.25) is 0 Å². The number of carbonyl (C=O) groups is 1. The molecule has 0 saturated heterocycles. The van der Waals surface area contributed by atoms with Crippen LogP contribution in [0.3, 0.4) is 0 Å². The summed E-state index contributed by atoms with van der Waals surface area (Å²) in [4.78, 5) is 14.4. The summed E-state index contributed by atoms with van der Waals surface area (Å²) in [5.74, 6) is 2.40. The Morgan fingerprint density at radius 1 is 1.09 bits per heavy atom. The molecule has 2 aliphatic rings. The lowest BCUT2D eigenvalue weighted by atomic mass is 10.1. The standard InChI is InChI=1S/C25H23N5O2S2/c31-23(30-20(21-8-4-12-32-21)14-19(28-30)22-9-5-13-33-22)16-34-25-27-26-24(18-10-11-18)29(25)15-17-6-2-1-3-7-17/h1-9,12-13,18,20H,10-11,14-16H2/t20-/m1/s1. The summed E-state index contributed by atoms with van der Waals surface area (Å²) in [5, 5.41) is 18.0. The summed E-state index contributed by atoms with van der Waals surface area (Å²) >= 11 is 3.06. The zero-order valence-electron chi connectivity index (χ0n) is 18.4. The molecule has 1 fully saturated rings. The topological polar surface area (TPSA) is 76.5 Å². The van der Waals surface area contributed by atoms with Crippen molar-refractivity contribution in [3.8, 4) is 0 Å². The number of amides is 1. The highest BCUT2D eigenvalue weighted by Crippen LogP contribution is 2.40. The normalized spacial score (nSPS) is 17.8. The molecule has 4 heterocycles. The lowest BCUT2D eigenvalue weighted by Crippen LogP contribution is -2.28. The number of hydrogen-bond acceptors (Lipinski definition) is 7. The number of thiophene rings is 1. The van der Waals surface area contributed by atoms with Gasteiger partial charge in [-0.3, -0.25) is 4.79 Å². The van der Waals surface area contributed by atoms with Crippen LogP contribution in [0.4, 0.5) is 0 Å². The van der Waals surface area contributed by atoms with Crippen LogP contribution in [0.1, 0.15) is 53.2 Å². The molecule has 1 aliphatic carbocycles.